The monoisotopic (exact) mass is 272 g/mol. The van der Waals surface area contributed by atoms with Crippen LogP contribution in [0.3, 0.4) is 0 Å². The number of ether oxygens (including phenoxy) is 1. The van der Waals surface area contributed by atoms with Crippen molar-refractivity contribution >= 4 is 21.7 Å². The second-order valence-corrected chi connectivity index (χ2v) is 3.68. The molecule has 1 aromatic rings. The van der Waals surface area contributed by atoms with Gasteiger partial charge in [-0.25, -0.2) is 0 Å². The van der Waals surface area contributed by atoms with Crippen molar-refractivity contribution in [3.63, 3.8) is 0 Å². The number of halogens is 1. The average Bonchev–Trinajstić information content (AvgIpc) is 2.17. The molecule has 0 aliphatic heterocycles. The number of ketones is 1. The zero-order chi connectivity index (χ0) is 11.3. The lowest BCUT2D eigenvalue weighted by atomic mass is 10.1. The third-order valence-corrected chi connectivity index (χ3v) is 2.44. The van der Waals surface area contributed by atoms with Crippen LogP contribution in [0.5, 0.6) is 11.5 Å². The smallest absolute Gasteiger partial charge is 0.147 e. The lowest BCUT2D eigenvalue weighted by Crippen LogP contribution is -2.03. The average molecular weight is 273 g/mol. The molecule has 0 heterocycles. The van der Waals surface area contributed by atoms with Crippen molar-refractivity contribution in [1.82, 2.24) is 0 Å². The highest BCUT2D eigenvalue weighted by Gasteiger charge is 2.05. The predicted molar refractivity (Wildman–Crippen MR) is 61.8 cm³/mol. The van der Waals surface area contributed by atoms with Crippen molar-refractivity contribution in [1.29, 1.82) is 0 Å². The minimum Gasteiger partial charge on any atom is -0.508 e. The van der Waals surface area contributed by atoms with E-state index in [-0.39, 0.29) is 11.5 Å². The molecule has 0 radical (unpaired) electrons. The summed E-state index contributed by atoms with van der Waals surface area (Å²) in [6.45, 7) is 2.41. The maximum absolute atomic E-state index is 11.2. The number of carbonyl (C=O) groups is 1. The van der Waals surface area contributed by atoms with Crippen LogP contribution in [0.15, 0.2) is 18.2 Å². The summed E-state index contributed by atoms with van der Waals surface area (Å²) in [4.78, 5) is 11.2. The highest BCUT2D eigenvalue weighted by molar-refractivity contribution is 9.09. The Kier molecular flexibility index (Phi) is 4.62. The zero-order valence-electron chi connectivity index (χ0n) is 8.50. The summed E-state index contributed by atoms with van der Waals surface area (Å²) in [5.41, 5.74) is 0.767. The second-order valence-electron chi connectivity index (χ2n) is 3.12. The van der Waals surface area contributed by atoms with E-state index in [2.05, 4.69) is 15.9 Å². The lowest BCUT2D eigenvalue weighted by Gasteiger charge is -2.06. The standard InChI is InChI=1S/C11H13BrO3/c1-2-15-11-5-8(3-9(13)6-11)4-10(14)7-12/h3,5-6,13H,2,4,7H2,1H3. The van der Waals surface area contributed by atoms with Crippen LogP contribution >= 0.6 is 15.9 Å². The highest BCUT2D eigenvalue weighted by atomic mass is 79.9. The summed E-state index contributed by atoms with van der Waals surface area (Å²) >= 11 is 3.10. The van der Waals surface area contributed by atoms with Gasteiger partial charge in [0.15, 0.2) is 0 Å². The Hall–Kier alpha value is -1.03. The van der Waals surface area contributed by atoms with Crippen LogP contribution in [0.4, 0.5) is 0 Å². The molecule has 82 valence electrons. The topological polar surface area (TPSA) is 46.5 Å². The number of hydrogen-bond donors (Lipinski definition) is 1. The molecule has 0 saturated heterocycles. The van der Waals surface area contributed by atoms with Gasteiger partial charge in [0.25, 0.3) is 0 Å². The van der Waals surface area contributed by atoms with Crippen LogP contribution in [0.1, 0.15) is 12.5 Å². The summed E-state index contributed by atoms with van der Waals surface area (Å²) in [5.74, 6) is 0.788. The molecule has 0 aliphatic rings. The van der Waals surface area contributed by atoms with Crippen LogP contribution in [-0.2, 0) is 11.2 Å². The molecule has 0 aromatic heterocycles. The maximum Gasteiger partial charge on any atom is 0.147 e. The number of hydrogen-bond acceptors (Lipinski definition) is 3. The fourth-order valence-corrected chi connectivity index (χ4v) is 1.47. The van der Waals surface area contributed by atoms with Gasteiger partial charge in [-0.05, 0) is 24.6 Å². The summed E-state index contributed by atoms with van der Waals surface area (Å²) in [6.07, 6.45) is 0.305. The molecular formula is C11H13BrO3. The molecule has 0 spiro atoms. The number of phenolic OH excluding ortho intramolecular Hbond substituents is 1. The molecule has 0 atom stereocenters. The minimum atomic E-state index is 0.0723. The van der Waals surface area contributed by atoms with E-state index in [0.29, 0.717) is 24.1 Å². The zero-order valence-corrected chi connectivity index (χ0v) is 10.1. The number of benzene rings is 1. The normalized spacial score (nSPS) is 10.0. The Morgan fingerprint density at radius 2 is 2.20 bits per heavy atom. The molecule has 0 unspecified atom stereocenters. The van der Waals surface area contributed by atoms with Gasteiger partial charge in [-0.1, -0.05) is 15.9 Å². The van der Waals surface area contributed by atoms with E-state index in [4.69, 9.17) is 4.74 Å². The number of alkyl halides is 1. The van der Waals surface area contributed by atoms with Crippen LogP contribution in [0.2, 0.25) is 0 Å². The fourth-order valence-electron chi connectivity index (χ4n) is 1.27. The van der Waals surface area contributed by atoms with Gasteiger partial charge >= 0.3 is 0 Å². The summed E-state index contributed by atoms with van der Waals surface area (Å²) in [5, 5.41) is 9.73. The molecular weight excluding hydrogens is 260 g/mol. The molecule has 1 rings (SSSR count). The first-order valence-corrected chi connectivity index (χ1v) is 5.81. The molecule has 0 bridgehead atoms. The molecule has 1 N–H and O–H groups in total. The van der Waals surface area contributed by atoms with Crippen LogP contribution in [-0.4, -0.2) is 22.8 Å². The van der Waals surface area contributed by atoms with Gasteiger partial charge in [-0.2, -0.15) is 0 Å². The quantitative estimate of drug-likeness (QED) is 0.837. The maximum atomic E-state index is 11.2. The lowest BCUT2D eigenvalue weighted by molar-refractivity contribution is -0.115. The Morgan fingerprint density at radius 3 is 2.80 bits per heavy atom. The molecule has 15 heavy (non-hydrogen) atoms. The number of aromatic hydroxyl groups is 1. The number of Topliss-reactive ketones (excluding diaryl/α,β-unsaturated/α-hetero) is 1. The third kappa shape index (κ3) is 3.91. The first kappa shape index (κ1) is 12.0. The van der Waals surface area contributed by atoms with E-state index in [1.807, 2.05) is 6.92 Å². The summed E-state index contributed by atoms with van der Waals surface area (Å²) in [6, 6.07) is 4.87. The minimum absolute atomic E-state index is 0.0723. The number of phenols is 1. The van der Waals surface area contributed by atoms with E-state index in [9.17, 15) is 9.90 Å². The molecule has 0 amide bonds. The van der Waals surface area contributed by atoms with E-state index in [1.54, 1.807) is 12.1 Å². The van der Waals surface area contributed by atoms with Gasteiger partial charge < -0.3 is 9.84 Å². The molecule has 1 aromatic carbocycles. The molecule has 0 fully saturated rings. The Balaban J connectivity index is 2.83. The summed E-state index contributed by atoms with van der Waals surface area (Å²) in [7, 11) is 0. The van der Waals surface area contributed by atoms with Gasteiger partial charge in [-0.15, -0.1) is 0 Å². The van der Waals surface area contributed by atoms with E-state index in [1.165, 1.54) is 6.07 Å². The second kappa shape index (κ2) is 5.75. The SMILES string of the molecule is CCOc1cc(O)cc(CC(=O)CBr)c1. The molecule has 0 saturated carbocycles. The van der Waals surface area contributed by atoms with Crippen LogP contribution < -0.4 is 4.74 Å². The van der Waals surface area contributed by atoms with Crippen molar-refractivity contribution in [3.05, 3.63) is 23.8 Å². The fraction of sp³-hybridized carbons (Fsp3) is 0.364. The van der Waals surface area contributed by atoms with Crippen molar-refractivity contribution in [2.45, 2.75) is 13.3 Å². The first-order valence-electron chi connectivity index (χ1n) is 4.69. The Labute approximate surface area is 97.2 Å². The highest BCUT2D eigenvalue weighted by Crippen LogP contribution is 2.22. The Bertz CT molecular complexity index is 350. The van der Waals surface area contributed by atoms with Gasteiger partial charge in [0.1, 0.15) is 17.3 Å². The van der Waals surface area contributed by atoms with Crippen molar-refractivity contribution in [2.24, 2.45) is 0 Å². The van der Waals surface area contributed by atoms with E-state index >= 15 is 0 Å². The van der Waals surface area contributed by atoms with Crippen molar-refractivity contribution < 1.29 is 14.6 Å². The third-order valence-electron chi connectivity index (χ3n) is 1.81. The van der Waals surface area contributed by atoms with Gasteiger partial charge in [0, 0.05) is 12.5 Å². The van der Waals surface area contributed by atoms with Gasteiger partial charge in [0.05, 0.1) is 11.9 Å². The molecule has 0 aliphatic carbocycles. The van der Waals surface area contributed by atoms with Crippen LogP contribution in [0, 0.1) is 0 Å². The van der Waals surface area contributed by atoms with E-state index < -0.39 is 0 Å². The largest absolute Gasteiger partial charge is 0.508 e. The Morgan fingerprint density at radius 1 is 1.47 bits per heavy atom. The van der Waals surface area contributed by atoms with Gasteiger partial charge in [-0.3, -0.25) is 4.79 Å². The van der Waals surface area contributed by atoms with Gasteiger partial charge in [0.2, 0.25) is 0 Å². The number of rotatable bonds is 5. The molecule has 3 nitrogen and oxygen atoms in total. The predicted octanol–water partition coefficient (Wildman–Crippen LogP) is 2.30. The van der Waals surface area contributed by atoms with Crippen molar-refractivity contribution in [3.8, 4) is 11.5 Å². The first-order chi connectivity index (χ1) is 7.15. The van der Waals surface area contributed by atoms with E-state index in [0.717, 1.165) is 5.56 Å². The van der Waals surface area contributed by atoms with Crippen molar-refractivity contribution in [2.75, 3.05) is 11.9 Å². The summed E-state index contributed by atoms with van der Waals surface area (Å²) < 4.78 is 5.26. The number of carbonyl (C=O) groups excluding carboxylic acids is 1. The molecule has 4 heteroatoms. The van der Waals surface area contributed by atoms with Crippen LogP contribution in [0.25, 0.3) is 0 Å².